The lowest BCUT2D eigenvalue weighted by atomic mass is 10.1. The molecule has 2 amide bonds. The first kappa shape index (κ1) is 17.5. The van der Waals surface area contributed by atoms with Gasteiger partial charge in [-0.15, -0.1) is 12.4 Å². The van der Waals surface area contributed by atoms with E-state index in [0.717, 1.165) is 25.9 Å². The van der Waals surface area contributed by atoms with E-state index in [1.807, 2.05) is 4.90 Å². The Morgan fingerprint density at radius 2 is 1.90 bits per heavy atom. The third-order valence-electron chi connectivity index (χ3n) is 3.41. The van der Waals surface area contributed by atoms with Gasteiger partial charge in [-0.2, -0.15) is 0 Å². The lowest BCUT2D eigenvalue weighted by Gasteiger charge is -2.26. The Morgan fingerprint density at radius 3 is 2.57 bits per heavy atom. The third kappa shape index (κ3) is 5.02. The number of rotatable bonds is 4. The number of nitrogens with zero attached hydrogens (tertiary/aromatic N) is 1. The number of nitrogens with two attached hydrogens (primary N) is 1. The summed E-state index contributed by atoms with van der Waals surface area (Å²) in [6.07, 6.45) is 3.61. The minimum Gasteiger partial charge on any atom is -0.339 e. The van der Waals surface area contributed by atoms with Gasteiger partial charge < -0.3 is 16.0 Å². The Balaban J connectivity index is 0.00000220. The molecule has 1 aliphatic heterocycles. The second-order valence-electron chi connectivity index (χ2n) is 5.02. The van der Waals surface area contributed by atoms with E-state index in [1.165, 1.54) is 6.42 Å². The summed E-state index contributed by atoms with van der Waals surface area (Å²) in [7, 11) is 0. The van der Waals surface area contributed by atoms with E-state index in [0.29, 0.717) is 17.8 Å². The van der Waals surface area contributed by atoms with Gasteiger partial charge in [-0.1, -0.05) is 6.07 Å². The van der Waals surface area contributed by atoms with E-state index < -0.39 is 0 Å². The van der Waals surface area contributed by atoms with Gasteiger partial charge in [-0.3, -0.25) is 9.59 Å². The van der Waals surface area contributed by atoms with Crippen molar-refractivity contribution in [3.8, 4) is 0 Å². The first-order valence-corrected chi connectivity index (χ1v) is 7.10. The Hall–Kier alpha value is -1.59. The van der Waals surface area contributed by atoms with E-state index >= 15 is 0 Å². The minimum absolute atomic E-state index is 0. The molecule has 0 aliphatic carbocycles. The number of benzene rings is 1. The Morgan fingerprint density at radius 1 is 1.19 bits per heavy atom. The molecular formula is C15H22ClN3O2. The fraction of sp³-hybridized carbons (Fsp3) is 0.467. The normalized spacial score (nSPS) is 14.2. The van der Waals surface area contributed by atoms with Crippen LogP contribution in [0.15, 0.2) is 24.3 Å². The van der Waals surface area contributed by atoms with Crippen molar-refractivity contribution in [3.63, 3.8) is 0 Å². The smallest absolute Gasteiger partial charge is 0.253 e. The molecule has 1 aromatic rings. The van der Waals surface area contributed by atoms with Crippen molar-refractivity contribution in [1.29, 1.82) is 0 Å². The van der Waals surface area contributed by atoms with Gasteiger partial charge in [0, 0.05) is 37.3 Å². The number of carbonyl (C=O) groups is 2. The monoisotopic (exact) mass is 311 g/mol. The van der Waals surface area contributed by atoms with Crippen LogP contribution in [-0.4, -0.2) is 36.3 Å². The van der Waals surface area contributed by atoms with Crippen molar-refractivity contribution >= 4 is 29.9 Å². The molecule has 116 valence electrons. The summed E-state index contributed by atoms with van der Waals surface area (Å²) in [5.74, 6) is -0.0882. The van der Waals surface area contributed by atoms with Crippen LogP contribution in [0.2, 0.25) is 0 Å². The van der Waals surface area contributed by atoms with Gasteiger partial charge in [0.1, 0.15) is 0 Å². The summed E-state index contributed by atoms with van der Waals surface area (Å²) in [5.41, 5.74) is 6.60. The van der Waals surface area contributed by atoms with E-state index in [2.05, 4.69) is 5.32 Å². The molecule has 0 aromatic heterocycles. The van der Waals surface area contributed by atoms with Crippen LogP contribution in [-0.2, 0) is 4.79 Å². The van der Waals surface area contributed by atoms with Crippen molar-refractivity contribution in [2.24, 2.45) is 5.73 Å². The van der Waals surface area contributed by atoms with E-state index in [-0.39, 0.29) is 30.6 Å². The molecule has 0 bridgehead atoms. The lowest BCUT2D eigenvalue weighted by Crippen LogP contribution is -2.35. The Kier molecular flexibility index (Phi) is 7.19. The summed E-state index contributed by atoms with van der Waals surface area (Å²) < 4.78 is 0. The fourth-order valence-corrected chi connectivity index (χ4v) is 2.36. The summed E-state index contributed by atoms with van der Waals surface area (Å²) in [5, 5.41) is 2.75. The third-order valence-corrected chi connectivity index (χ3v) is 3.41. The molecule has 0 atom stereocenters. The maximum Gasteiger partial charge on any atom is 0.253 e. The molecule has 1 fully saturated rings. The second kappa shape index (κ2) is 8.64. The van der Waals surface area contributed by atoms with E-state index in [9.17, 15) is 9.59 Å². The predicted molar refractivity (Wildman–Crippen MR) is 85.7 cm³/mol. The lowest BCUT2D eigenvalue weighted by molar-refractivity contribution is -0.116. The van der Waals surface area contributed by atoms with Crippen molar-refractivity contribution in [3.05, 3.63) is 29.8 Å². The van der Waals surface area contributed by atoms with Crippen LogP contribution in [0.3, 0.4) is 0 Å². The van der Waals surface area contributed by atoms with Gasteiger partial charge in [-0.05, 0) is 37.5 Å². The van der Waals surface area contributed by atoms with Crippen LogP contribution >= 0.6 is 12.4 Å². The first-order valence-electron chi connectivity index (χ1n) is 7.10. The molecule has 2 rings (SSSR count). The number of anilines is 1. The molecule has 1 aromatic carbocycles. The van der Waals surface area contributed by atoms with Gasteiger partial charge in [0.25, 0.3) is 5.91 Å². The standard InChI is InChI=1S/C15H21N3O2.ClH/c16-8-7-14(19)17-13-6-4-5-12(11-13)15(20)18-9-2-1-3-10-18;/h4-6,11H,1-3,7-10,16H2,(H,17,19);1H. The number of hydrogen-bond donors (Lipinski definition) is 2. The number of likely N-dealkylation sites (tertiary alicyclic amines) is 1. The predicted octanol–water partition coefficient (Wildman–Crippen LogP) is 2.02. The number of nitrogens with one attached hydrogen (secondary N) is 1. The highest BCUT2D eigenvalue weighted by Crippen LogP contribution is 2.16. The molecule has 5 nitrogen and oxygen atoms in total. The number of piperidine rings is 1. The molecule has 0 saturated carbocycles. The van der Waals surface area contributed by atoms with Gasteiger partial charge in [0.05, 0.1) is 0 Å². The van der Waals surface area contributed by atoms with E-state index in [4.69, 9.17) is 5.73 Å². The van der Waals surface area contributed by atoms with Crippen LogP contribution in [0.1, 0.15) is 36.0 Å². The minimum atomic E-state index is -0.130. The summed E-state index contributed by atoms with van der Waals surface area (Å²) >= 11 is 0. The fourth-order valence-electron chi connectivity index (χ4n) is 2.36. The highest BCUT2D eigenvalue weighted by molar-refractivity contribution is 5.97. The van der Waals surface area contributed by atoms with Crippen LogP contribution < -0.4 is 11.1 Å². The zero-order chi connectivity index (χ0) is 14.4. The van der Waals surface area contributed by atoms with Crippen molar-refractivity contribution in [2.45, 2.75) is 25.7 Å². The van der Waals surface area contributed by atoms with Gasteiger partial charge >= 0.3 is 0 Å². The van der Waals surface area contributed by atoms with Crippen molar-refractivity contribution < 1.29 is 9.59 Å². The Labute approximate surface area is 131 Å². The zero-order valence-electron chi connectivity index (χ0n) is 12.0. The van der Waals surface area contributed by atoms with Crippen LogP contribution in [0, 0.1) is 0 Å². The van der Waals surface area contributed by atoms with Crippen LogP contribution in [0.25, 0.3) is 0 Å². The largest absolute Gasteiger partial charge is 0.339 e. The summed E-state index contributed by atoms with van der Waals surface area (Å²) in [6, 6.07) is 7.08. The highest BCUT2D eigenvalue weighted by Gasteiger charge is 2.18. The summed E-state index contributed by atoms with van der Waals surface area (Å²) in [4.78, 5) is 25.7. The molecule has 0 spiro atoms. The van der Waals surface area contributed by atoms with Crippen LogP contribution in [0.4, 0.5) is 5.69 Å². The zero-order valence-corrected chi connectivity index (χ0v) is 12.8. The number of carbonyl (C=O) groups excluding carboxylic acids is 2. The maximum absolute atomic E-state index is 12.4. The van der Waals surface area contributed by atoms with Crippen molar-refractivity contribution in [1.82, 2.24) is 4.90 Å². The average molecular weight is 312 g/mol. The first-order chi connectivity index (χ1) is 9.70. The maximum atomic E-state index is 12.4. The van der Waals surface area contributed by atoms with E-state index in [1.54, 1.807) is 24.3 Å². The molecule has 1 heterocycles. The number of halogens is 1. The molecule has 6 heteroatoms. The van der Waals surface area contributed by atoms with Crippen LogP contribution in [0.5, 0.6) is 0 Å². The Bertz CT molecular complexity index is 488. The molecule has 0 unspecified atom stereocenters. The summed E-state index contributed by atoms with van der Waals surface area (Å²) in [6.45, 7) is 1.96. The molecule has 21 heavy (non-hydrogen) atoms. The molecule has 1 saturated heterocycles. The number of amides is 2. The highest BCUT2D eigenvalue weighted by atomic mass is 35.5. The average Bonchev–Trinajstić information content (AvgIpc) is 2.48. The molecule has 3 N–H and O–H groups in total. The quantitative estimate of drug-likeness (QED) is 0.893. The molecular weight excluding hydrogens is 290 g/mol. The second-order valence-corrected chi connectivity index (χ2v) is 5.02. The van der Waals surface area contributed by atoms with Gasteiger partial charge in [-0.25, -0.2) is 0 Å². The number of hydrogen-bond acceptors (Lipinski definition) is 3. The molecule has 1 aliphatic rings. The van der Waals surface area contributed by atoms with Gasteiger partial charge in [0.15, 0.2) is 0 Å². The SMILES string of the molecule is Cl.NCCC(=O)Nc1cccc(C(=O)N2CCCCC2)c1. The topological polar surface area (TPSA) is 75.4 Å². The molecule has 0 radical (unpaired) electrons. The van der Waals surface area contributed by atoms with Crippen molar-refractivity contribution in [2.75, 3.05) is 25.0 Å². The van der Waals surface area contributed by atoms with Gasteiger partial charge in [0.2, 0.25) is 5.91 Å².